The minimum Gasteiger partial charge on any atom is -0.378 e. The van der Waals surface area contributed by atoms with Crippen molar-refractivity contribution in [2.75, 3.05) is 45.9 Å². The molecule has 6 heteroatoms. The minimum absolute atomic E-state index is 0.261. The Kier molecular flexibility index (Phi) is 4.29. The number of pyridine rings is 1. The molecule has 2 unspecified atom stereocenters. The summed E-state index contributed by atoms with van der Waals surface area (Å²) in [6.07, 6.45) is 3.04. The number of carbonyl (C=O) groups excluding carboxylic acids is 1. The fourth-order valence-electron chi connectivity index (χ4n) is 4.01. The molecule has 23 heavy (non-hydrogen) atoms. The molecular weight excluding hydrogens is 292 g/mol. The molecule has 4 rings (SSSR count). The van der Waals surface area contributed by atoms with Crippen LogP contribution in [0.1, 0.15) is 12.1 Å². The first-order chi connectivity index (χ1) is 11.3. The second-order valence-electron chi connectivity index (χ2n) is 6.72. The molecule has 1 aromatic rings. The molecule has 4 heterocycles. The molecule has 3 saturated heterocycles. The number of aromatic nitrogens is 1. The van der Waals surface area contributed by atoms with Crippen LogP contribution in [0.2, 0.25) is 0 Å². The Balaban J connectivity index is 1.29. The van der Waals surface area contributed by atoms with Crippen molar-refractivity contribution in [3.05, 3.63) is 30.1 Å². The van der Waals surface area contributed by atoms with Gasteiger partial charge in [-0.25, -0.2) is 0 Å². The van der Waals surface area contributed by atoms with Gasteiger partial charge in [0.2, 0.25) is 5.91 Å². The average Bonchev–Trinajstić information content (AvgIpc) is 3.16. The molecule has 3 fully saturated rings. The van der Waals surface area contributed by atoms with Gasteiger partial charge in [0.1, 0.15) is 0 Å². The van der Waals surface area contributed by atoms with Crippen LogP contribution in [0.3, 0.4) is 0 Å². The smallest absolute Gasteiger partial charge is 0.236 e. The van der Waals surface area contributed by atoms with Crippen molar-refractivity contribution in [1.82, 2.24) is 19.7 Å². The van der Waals surface area contributed by atoms with Crippen molar-refractivity contribution in [3.8, 4) is 0 Å². The molecule has 0 spiro atoms. The lowest BCUT2D eigenvalue weighted by Gasteiger charge is -2.35. The van der Waals surface area contributed by atoms with Crippen molar-refractivity contribution in [2.45, 2.75) is 25.0 Å². The van der Waals surface area contributed by atoms with Crippen LogP contribution in [0.15, 0.2) is 24.4 Å². The fraction of sp³-hybridized carbons (Fsp3) is 0.647. The number of piperazine rings is 1. The fourth-order valence-corrected chi connectivity index (χ4v) is 4.01. The molecule has 6 nitrogen and oxygen atoms in total. The van der Waals surface area contributed by atoms with E-state index in [1.165, 1.54) is 6.42 Å². The van der Waals surface area contributed by atoms with Gasteiger partial charge in [0.05, 0.1) is 25.5 Å². The third kappa shape index (κ3) is 3.24. The summed E-state index contributed by atoms with van der Waals surface area (Å²) < 4.78 is 5.32. The van der Waals surface area contributed by atoms with E-state index in [2.05, 4.69) is 20.9 Å². The highest BCUT2D eigenvalue weighted by Gasteiger charge is 2.43. The standard InChI is InChI=1S/C17H24N4O2/c22-17(19-5-7-23-8-6-19)13-21-12-15-9-16(21)11-20(15)10-14-3-1-2-4-18-14/h1-4,15-16H,5-13H2. The van der Waals surface area contributed by atoms with Gasteiger partial charge in [0.15, 0.2) is 0 Å². The quantitative estimate of drug-likeness (QED) is 0.794. The zero-order chi connectivity index (χ0) is 15.6. The van der Waals surface area contributed by atoms with Gasteiger partial charge >= 0.3 is 0 Å². The van der Waals surface area contributed by atoms with E-state index in [0.29, 0.717) is 31.8 Å². The van der Waals surface area contributed by atoms with E-state index >= 15 is 0 Å². The van der Waals surface area contributed by atoms with Crippen LogP contribution >= 0.6 is 0 Å². The predicted octanol–water partition coefficient (Wildman–Crippen LogP) is 0.199. The van der Waals surface area contributed by atoms with Gasteiger partial charge in [-0.15, -0.1) is 0 Å². The van der Waals surface area contributed by atoms with E-state index < -0.39 is 0 Å². The maximum absolute atomic E-state index is 12.4. The average molecular weight is 316 g/mol. The van der Waals surface area contributed by atoms with Crippen LogP contribution in [0, 0.1) is 0 Å². The second-order valence-corrected chi connectivity index (χ2v) is 6.72. The van der Waals surface area contributed by atoms with Crippen LogP contribution < -0.4 is 0 Å². The lowest BCUT2D eigenvalue weighted by molar-refractivity contribution is -0.137. The van der Waals surface area contributed by atoms with E-state index in [9.17, 15) is 4.79 Å². The maximum Gasteiger partial charge on any atom is 0.236 e. The van der Waals surface area contributed by atoms with Gasteiger partial charge in [0.25, 0.3) is 0 Å². The maximum atomic E-state index is 12.4. The number of amides is 1. The summed E-state index contributed by atoms with van der Waals surface area (Å²) in [5.41, 5.74) is 1.14. The lowest BCUT2D eigenvalue weighted by Crippen LogP contribution is -2.51. The molecule has 124 valence electrons. The number of rotatable bonds is 4. The van der Waals surface area contributed by atoms with Gasteiger partial charge in [0, 0.05) is 51.0 Å². The van der Waals surface area contributed by atoms with E-state index in [-0.39, 0.29) is 5.91 Å². The van der Waals surface area contributed by atoms with Gasteiger partial charge < -0.3 is 9.64 Å². The number of carbonyl (C=O) groups is 1. The molecule has 0 aromatic carbocycles. The van der Waals surface area contributed by atoms with E-state index in [1.807, 2.05) is 23.2 Å². The highest BCUT2D eigenvalue weighted by Crippen LogP contribution is 2.31. The molecule has 0 aliphatic carbocycles. The van der Waals surface area contributed by atoms with E-state index in [4.69, 9.17) is 4.74 Å². The van der Waals surface area contributed by atoms with Crippen molar-refractivity contribution in [3.63, 3.8) is 0 Å². The van der Waals surface area contributed by atoms with Crippen LogP contribution in [-0.2, 0) is 16.1 Å². The van der Waals surface area contributed by atoms with Crippen molar-refractivity contribution in [2.24, 2.45) is 0 Å². The van der Waals surface area contributed by atoms with Gasteiger partial charge in [-0.2, -0.15) is 0 Å². The predicted molar refractivity (Wildman–Crippen MR) is 85.8 cm³/mol. The SMILES string of the molecule is O=C(CN1CC2CC1CN2Cc1ccccn1)N1CCOCC1. The summed E-state index contributed by atoms with van der Waals surface area (Å²) in [5.74, 6) is 0.261. The number of morpholine rings is 1. The zero-order valence-corrected chi connectivity index (χ0v) is 13.4. The second kappa shape index (κ2) is 6.55. The molecule has 3 aliphatic rings. The summed E-state index contributed by atoms with van der Waals surface area (Å²) >= 11 is 0. The third-order valence-corrected chi connectivity index (χ3v) is 5.26. The number of likely N-dealkylation sites (tertiary alicyclic amines) is 2. The van der Waals surface area contributed by atoms with E-state index in [0.717, 1.165) is 38.4 Å². The summed E-state index contributed by atoms with van der Waals surface area (Å²) in [7, 11) is 0. The number of nitrogens with zero attached hydrogens (tertiary/aromatic N) is 4. The van der Waals surface area contributed by atoms with Crippen molar-refractivity contribution >= 4 is 5.91 Å². The lowest BCUT2D eigenvalue weighted by atomic mass is 10.2. The molecule has 0 N–H and O–H groups in total. The highest BCUT2D eigenvalue weighted by molar-refractivity contribution is 5.78. The molecule has 1 amide bonds. The largest absolute Gasteiger partial charge is 0.378 e. The van der Waals surface area contributed by atoms with Crippen LogP contribution in [0.5, 0.6) is 0 Å². The number of hydrogen-bond donors (Lipinski definition) is 0. The van der Waals surface area contributed by atoms with Gasteiger partial charge in [-0.05, 0) is 18.6 Å². The normalized spacial score (nSPS) is 28.4. The van der Waals surface area contributed by atoms with Crippen LogP contribution in [-0.4, -0.2) is 83.6 Å². The van der Waals surface area contributed by atoms with Crippen LogP contribution in [0.25, 0.3) is 0 Å². The molecule has 0 radical (unpaired) electrons. The minimum atomic E-state index is 0.261. The molecule has 1 aromatic heterocycles. The van der Waals surface area contributed by atoms with E-state index in [1.54, 1.807) is 0 Å². The molecule has 2 bridgehead atoms. The molecule has 3 aliphatic heterocycles. The van der Waals surface area contributed by atoms with Crippen molar-refractivity contribution in [1.29, 1.82) is 0 Å². The monoisotopic (exact) mass is 316 g/mol. The summed E-state index contributed by atoms with van der Waals surface area (Å²) in [4.78, 5) is 23.7. The Bertz CT molecular complexity index is 547. The Labute approximate surface area is 137 Å². The Morgan fingerprint density at radius 3 is 2.65 bits per heavy atom. The number of hydrogen-bond acceptors (Lipinski definition) is 5. The van der Waals surface area contributed by atoms with Gasteiger partial charge in [-0.3, -0.25) is 19.6 Å². The Morgan fingerprint density at radius 1 is 1.17 bits per heavy atom. The van der Waals surface area contributed by atoms with Crippen LogP contribution in [0.4, 0.5) is 0 Å². The Morgan fingerprint density at radius 2 is 1.96 bits per heavy atom. The first kappa shape index (κ1) is 15.1. The number of ether oxygens (including phenoxy) is 1. The number of fused-ring (bicyclic) bond motifs is 2. The highest BCUT2D eigenvalue weighted by atomic mass is 16.5. The summed E-state index contributed by atoms with van der Waals surface area (Å²) in [6.45, 7) is 6.39. The zero-order valence-electron chi connectivity index (χ0n) is 13.4. The molecule has 2 atom stereocenters. The Hall–Kier alpha value is -1.50. The first-order valence-electron chi connectivity index (χ1n) is 8.53. The summed E-state index contributed by atoms with van der Waals surface area (Å²) in [5, 5.41) is 0. The third-order valence-electron chi connectivity index (χ3n) is 5.26. The summed E-state index contributed by atoms with van der Waals surface area (Å²) in [6, 6.07) is 7.18. The van der Waals surface area contributed by atoms with Gasteiger partial charge in [-0.1, -0.05) is 6.07 Å². The topological polar surface area (TPSA) is 48.9 Å². The molecular formula is C17H24N4O2. The van der Waals surface area contributed by atoms with Crippen molar-refractivity contribution < 1.29 is 9.53 Å². The first-order valence-corrected chi connectivity index (χ1v) is 8.53. The molecule has 0 saturated carbocycles.